The highest BCUT2D eigenvalue weighted by Gasteiger charge is 2.22. The van der Waals surface area contributed by atoms with Gasteiger partial charge in [0.25, 0.3) is 0 Å². The lowest BCUT2D eigenvalue weighted by atomic mass is 10.1. The molecule has 1 fully saturated rings. The SMILES string of the molecule is Nc1cc(C(=O)O)ccc1N1CCCCCC1CO. The van der Waals surface area contributed by atoms with E-state index in [0.29, 0.717) is 5.69 Å². The highest BCUT2D eigenvalue weighted by molar-refractivity contribution is 5.90. The van der Waals surface area contributed by atoms with Gasteiger partial charge in [-0.2, -0.15) is 0 Å². The molecular weight excluding hydrogens is 244 g/mol. The predicted molar refractivity (Wildman–Crippen MR) is 74.5 cm³/mol. The molecule has 19 heavy (non-hydrogen) atoms. The van der Waals surface area contributed by atoms with Crippen LogP contribution in [0.5, 0.6) is 0 Å². The van der Waals surface area contributed by atoms with Gasteiger partial charge in [-0.15, -0.1) is 0 Å². The van der Waals surface area contributed by atoms with Crippen molar-refractivity contribution in [1.82, 2.24) is 0 Å². The molecule has 0 aliphatic carbocycles. The van der Waals surface area contributed by atoms with Crippen molar-refractivity contribution in [2.45, 2.75) is 31.7 Å². The van der Waals surface area contributed by atoms with Crippen LogP contribution < -0.4 is 10.6 Å². The van der Waals surface area contributed by atoms with Crippen molar-refractivity contribution < 1.29 is 15.0 Å². The lowest BCUT2D eigenvalue weighted by molar-refractivity contribution is 0.0697. The number of carboxylic acid groups (broad SMARTS) is 1. The summed E-state index contributed by atoms with van der Waals surface area (Å²) in [6.45, 7) is 0.946. The number of carboxylic acids is 1. The molecule has 4 N–H and O–H groups in total. The van der Waals surface area contributed by atoms with E-state index in [9.17, 15) is 9.90 Å². The Hall–Kier alpha value is -1.75. The van der Waals surface area contributed by atoms with E-state index in [1.54, 1.807) is 12.1 Å². The summed E-state index contributed by atoms with van der Waals surface area (Å²) in [6.07, 6.45) is 4.27. The van der Waals surface area contributed by atoms with Crippen LogP contribution in [0.1, 0.15) is 36.0 Å². The Bertz CT molecular complexity index is 462. The summed E-state index contributed by atoms with van der Waals surface area (Å²) in [5.74, 6) is -0.979. The maximum absolute atomic E-state index is 10.9. The quantitative estimate of drug-likeness (QED) is 0.723. The molecule has 1 unspecified atom stereocenters. The van der Waals surface area contributed by atoms with Crippen LogP contribution in [0, 0.1) is 0 Å². The summed E-state index contributed by atoms with van der Waals surface area (Å²) >= 11 is 0. The van der Waals surface area contributed by atoms with Crippen LogP contribution in [0.25, 0.3) is 0 Å². The van der Waals surface area contributed by atoms with Crippen molar-refractivity contribution in [2.75, 3.05) is 23.8 Å². The summed E-state index contributed by atoms with van der Waals surface area (Å²) in [5.41, 5.74) is 7.45. The lowest BCUT2D eigenvalue weighted by Gasteiger charge is -2.31. The second-order valence-corrected chi connectivity index (χ2v) is 4.96. The number of benzene rings is 1. The molecule has 1 aliphatic rings. The minimum absolute atomic E-state index is 0.0699. The first-order valence-corrected chi connectivity index (χ1v) is 6.64. The number of anilines is 2. The Morgan fingerprint density at radius 2 is 2.16 bits per heavy atom. The molecule has 1 heterocycles. The molecule has 1 atom stereocenters. The van der Waals surface area contributed by atoms with Crippen LogP contribution in [0.2, 0.25) is 0 Å². The zero-order chi connectivity index (χ0) is 13.8. The molecule has 0 amide bonds. The number of hydrogen-bond donors (Lipinski definition) is 3. The van der Waals surface area contributed by atoms with E-state index >= 15 is 0 Å². The third-order valence-corrected chi connectivity index (χ3v) is 3.67. The lowest BCUT2D eigenvalue weighted by Crippen LogP contribution is -2.38. The van der Waals surface area contributed by atoms with Crippen molar-refractivity contribution in [3.63, 3.8) is 0 Å². The standard InChI is InChI=1S/C14H20N2O3/c15-12-8-10(14(18)19)5-6-13(12)16-7-3-1-2-4-11(16)9-17/h5-6,8,11,17H,1-4,7,9,15H2,(H,18,19). The molecule has 0 radical (unpaired) electrons. The Morgan fingerprint density at radius 3 is 2.79 bits per heavy atom. The van der Waals surface area contributed by atoms with Gasteiger partial charge in [0.05, 0.1) is 29.6 Å². The minimum Gasteiger partial charge on any atom is -0.478 e. The second kappa shape index (κ2) is 5.93. The smallest absolute Gasteiger partial charge is 0.335 e. The molecule has 0 saturated carbocycles. The van der Waals surface area contributed by atoms with E-state index in [-0.39, 0.29) is 18.2 Å². The fourth-order valence-electron chi connectivity index (χ4n) is 2.63. The molecule has 1 aliphatic heterocycles. The number of aliphatic hydroxyl groups is 1. The highest BCUT2D eigenvalue weighted by Crippen LogP contribution is 2.29. The van der Waals surface area contributed by atoms with Gasteiger partial charge in [-0.05, 0) is 31.0 Å². The topological polar surface area (TPSA) is 86.8 Å². The van der Waals surface area contributed by atoms with Crippen LogP contribution in [-0.4, -0.2) is 35.4 Å². The minimum atomic E-state index is -0.979. The average molecular weight is 264 g/mol. The van der Waals surface area contributed by atoms with Crippen LogP contribution in [0.4, 0.5) is 11.4 Å². The van der Waals surface area contributed by atoms with E-state index in [4.69, 9.17) is 10.8 Å². The van der Waals surface area contributed by atoms with E-state index in [1.807, 2.05) is 0 Å². The second-order valence-electron chi connectivity index (χ2n) is 4.96. The maximum Gasteiger partial charge on any atom is 0.335 e. The van der Waals surface area contributed by atoms with Crippen LogP contribution in [0.15, 0.2) is 18.2 Å². The molecule has 2 rings (SSSR count). The van der Waals surface area contributed by atoms with E-state index in [2.05, 4.69) is 4.90 Å². The average Bonchev–Trinajstić information content (AvgIpc) is 2.63. The van der Waals surface area contributed by atoms with Crippen LogP contribution >= 0.6 is 0 Å². The molecule has 1 saturated heterocycles. The summed E-state index contributed by atoms with van der Waals surface area (Å²) in [6, 6.07) is 4.86. The van der Waals surface area contributed by atoms with Crippen molar-refractivity contribution in [1.29, 1.82) is 0 Å². The summed E-state index contributed by atoms with van der Waals surface area (Å²) in [7, 11) is 0. The summed E-state index contributed by atoms with van der Waals surface area (Å²) in [4.78, 5) is 13.0. The van der Waals surface area contributed by atoms with E-state index in [1.165, 1.54) is 6.07 Å². The number of carbonyl (C=O) groups is 1. The molecular formula is C14H20N2O3. The molecule has 1 aromatic rings. The predicted octanol–water partition coefficient (Wildman–Crippen LogP) is 1.71. The Balaban J connectivity index is 2.30. The number of nitrogens with two attached hydrogens (primary N) is 1. The monoisotopic (exact) mass is 264 g/mol. The van der Waals surface area contributed by atoms with Gasteiger partial charge in [0, 0.05) is 6.54 Å². The third-order valence-electron chi connectivity index (χ3n) is 3.67. The maximum atomic E-state index is 10.9. The van der Waals surface area contributed by atoms with Gasteiger partial charge >= 0.3 is 5.97 Å². The number of nitrogen functional groups attached to an aromatic ring is 1. The number of aliphatic hydroxyl groups excluding tert-OH is 1. The number of hydrogen-bond acceptors (Lipinski definition) is 4. The molecule has 0 aromatic heterocycles. The van der Waals surface area contributed by atoms with Gasteiger partial charge in [-0.1, -0.05) is 12.8 Å². The number of rotatable bonds is 3. The number of aromatic carboxylic acids is 1. The fraction of sp³-hybridized carbons (Fsp3) is 0.500. The van der Waals surface area contributed by atoms with Gasteiger partial charge in [-0.25, -0.2) is 4.79 Å². The van der Waals surface area contributed by atoms with Gasteiger partial charge in [0.2, 0.25) is 0 Å². The molecule has 0 bridgehead atoms. The van der Waals surface area contributed by atoms with Crippen molar-refractivity contribution in [2.24, 2.45) is 0 Å². The van der Waals surface area contributed by atoms with Crippen molar-refractivity contribution in [3.8, 4) is 0 Å². The normalized spacial score (nSPS) is 20.1. The summed E-state index contributed by atoms with van der Waals surface area (Å²) in [5, 5.41) is 18.4. The Kier molecular flexibility index (Phi) is 4.27. The molecule has 1 aromatic carbocycles. The Labute approximate surface area is 112 Å². The van der Waals surface area contributed by atoms with Gasteiger partial charge in [0.1, 0.15) is 0 Å². The molecule has 5 nitrogen and oxygen atoms in total. The Morgan fingerprint density at radius 1 is 1.37 bits per heavy atom. The fourth-order valence-corrected chi connectivity index (χ4v) is 2.63. The molecule has 104 valence electrons. The van der Waals surface area contributed by atoms with Gasteiger partial charge < -0.3 is 20.8 Å². The zero-order valence-electron chi connectivity index (χ0n) is 10.9. The molecule has 5 heteroatoms. The third kappa shape index (κ3) is 2.98. The molecule has 0 spiro atoms. The van der Waals surface area contributed by atoms with Crippen molar-refractivity contribution in [3.05, 3.63) is 23.8 Å². The largest absolute Gasteiger partial charge is 0.478 e. The highest BCUT2D eigenvalue weighted by atomic mass is 16.4. The number of nitrogens with zero attached hydrogens (tertiary/aromatic N) is 1. The zero-order valence-corrected chi connectivity index (χ0v) is 10.9. The summed E-state index contributed by atoms with van der Waals surface area (Å²) < 4.78 is 0. The first-order valence-electron chi connectivity index (χ1n) is 6.64. The van der Waals surface area contributed by atoms with E-state index in [0.717, 1.165) is 37.9 Å². The van der Waals surface area contributed by atoms with Crippen LogP contribution in [0.3, 0.4) is 0 Å². The van der Waals surface area contributed by atoms with Crippen molar-refractivity contribution >= 4 is 17.3 Å². The van der Waals surface area contributed by atoms with Gasteiger partial charge in [0.15, 0.2) is 0 Å². The van der Waals surface area contributed by atoms with E-state index < -0.39 is 5.97 Å². The first kappa shape index (κ1) is 13.7. The first-order chi connectivity index (χ1) is 9.13. The van der Waals surface area contributed by atoms with Gasteiger partial charge in [-0.3, -0.25) is 0 Å². The van der Waals surface area contributed by atoms with Crippen LogP contribution in [-0.2, 0) is 0 Å².